The number of hydrogen-bond acceptors (Lipinski definition) is 3. The molecule has 1 atom stereocenters. The zero-order valence-electron chi connectivity index (χ0n) is 12.7. The molecule has 2 aromatic rings. The summed E-state index contributed by atoms with van der Waals surface area (Å²) in [5.74, 6) is 0.246. The van der Waals surface area contributed by atoms with Crippen LogP contribution in [0.2, 0.25) is 0 Å². The van der Waals surface area contributed by atoms with Gasteiger partial charge >= 0.3 is 0 Å². The smallest absolute Gasteiger partial charge is 0.223 e. The van der Waals surface area contributed by atoms with Gasteiger partial charge in [-0.2, -0.15) is 5.10 Å². The van der Waals surface area contributed by atoms with Crippen molar-refractivity contribution in [2.24, 2.45) is 13.0 Å². The molecule has 0 aromatic carbocycles. The molecule has 0 saturated heterocycles. The molecule has 1 aliphatic carbocycles. The monoisotopic (exact) mass is 296 g/mol. The average molecular weight is 296 g/mol. The molecule has 114 valence electrons. The van der Waals surface area contributed by atoms with Gasteiger partial charge in [-0.3, -0.25) is 14.5 Å². The van der Waals surface area contributed by atoms with E-state index in [-0.39, 0.29) is 11.8 Å². The van der Waals surface area contributed by atoms with E-state index in [1.54, 1.807) is 10.9 Å². The summed E-state index contributed by atoms with van der Waals surface area (Å²) in [6, 6.07) is 2.05. The molecular formula is C17H20N4O. The van der Waals surface area contributed by atoms with Crippen molar-refractivity contribution in [1.29, 1.82) is 0 Å². The van der Waals surface area contributed by atoms with E-state index in [9.17, 15) is 4.79 Å². The summed E-state index contributed by atoms with van der Waals surface area (Å²) in [6.45, 7) is 0.514. The van der Waals surface area contributed by atoms with E-state index in [0.29, 0.717) is 6.54 Å². The number of allylic oxidation sites excluding steroid dienone is 2. The van der Waals surface area contributed by atoms with Crippen LogP contribution in [0, 0.1) is 5.92 Å². The van der Waals surface area contributed by atoms with Crippen molar-refractivity contribution in [3.63, 3.8) is 0 Å². The van der Waals surface area contributed by atoms with Gasteiger partial charge < -0.3 is 5.32 Å². The number of amides is 1. The van der Waals surface area contributed by atoms with Gasteiger partial charge in [0, 0.05) is 49.2 Å². The Kier molecular flexibility index (Phi) is 4.32. The van der Waals surface area contributed by atoms with Crippen LogP contribution in [0.4, 0.5) is 0 Å². The SMILES string of the molecule is Cn1cc(-c2cncc(CNC(=O)[C@H]3CC=CCC3)c2)cn1. The standard InChI is InChI=1S/C17H20N4O/c1-21-12-16(11-20-21)15-7-13(8-18-10-15)9-19-17(22)14-5-3-2-4-6-14/h2-3,7-8,10-12,14H,4-6,9H2,1H3,(H,19,22)/t14-/m0/s1. The molecule has 0 fully saturated rings. The van der Waals surface area contributed by atoms with Crippen LogP contribution in [0.3, 0.4) is 0 Å². The molecule has 5 heteroatoms. The lowest BCUT2D eigenvalue weighted by atomic mass is 9.93. The Morgan fingerprint density at radius 2 is 2.23 bits per heavy atom. The molecule has 1 N–H and O–H groups in total. The maximum atomic E-state index is 12.2. The summed E-state index contributed by atoms with van der Waals surface area (Å²) in [6.07, 6.45) is 14.4. The highest BCUT2D eigenvalue weighted by Gasteiger charge is 2.18. The Morgan fingerprint density at radius 3 is 2.95 bits per heavy atom. The lowest BCUT2D eigenvalue weighted by Crippen LogP contribution is -2.30. The van der Waals surface area contributed by atoms with Crippen molar-refractivity contribution in [3.8, 4) is 11.1 Å². The second kappa shape index (κ2) is 6.56. The minimum Gasteiger partial charge on any atom is -0.352 e. The first-order valence-corrected chi connectivity index (χ1v) is 7.58. The third-order valence-electron chi connectivity index (χ3n) is 3.94. The normalized spacial score (nSPS) is 17.4. The van der Waals surface area contributed by atoms with Crippen LogP contribution >= 0.6 is 0 Å². The lowest BCUT2D eigenvalue weighted by molar-refractivity contribution is -0.125. The first kappa shape index (κ1) is 14.5. The minimum absolute atomic E-state index is 0.111. The Morgan fingerprint density at radius 1 is 1.32 bits per heavy atom. The quantitative estimate of drug-likeness (QED) is 0.882. The van der Waals surface area contributed by atoms with Crippen molar-refractivity contribution in [3.05, 3.63) is 48.6 Å². The van der Waals surface area contributed by atoms with Gasteiger partial charge in [0.15, 0.2) is 0 Å². The first-order valence-electron chi connectivity index (χ1n) is 7.58. The number of rotatable bonds is 4. The predicted molar refractivity (Wildman–Crippen MR) is 84.8 cm³/mol. The maximum absolute atomic E-state index is 12.2. The summed E-state index contributed by atoms with van der Waals surface area (Å²) >= 11 is 0. The number of carbonyl (C=O) groups excluding carboxylic acids is 1. The Balaban J connectivity index is 1.63. The third kappa shape index (κ3) is 3.42. The molecule has 2 heterocycles. The molecule has 22 heavy (non-hydrogen) atoms. The second-order valence-corrected chi connectivity index (χ2v) is 5.68. The maximum Gasteiger partial charge on any atom is 0.223 e. The van der Waals surface area contributed by atoms with Gasteiger partial charge in [-0.15, -0.1) is 0 Å². The molecule has 0 aliphatic heterocycles. The number of pyridine rings is 1. The summed E-state index contributed by atoms with van der Waals surface area (Å²) in [4.78, 5) is 16.4. The fourth-order valence-corrected chi connectivity index (χ4v) is 2.68. The van der Waals surface area contributed by atoms with Gasteiger partial charge in [0.2, 0.25) is 5.91 Å². The number of nitrogens with one attached hydrogen (secondary N) is 1. The lowest BCUT2D eigenvalue weighted by Gasteiger charge is -2.17. The molecule has 0 bridgehead atoms. The summed E-state index contributed by atoms with van der Waals surface area (Å²) < 4.78 is 1.76. The molecule has 3 rings (SSSR count). The van der Waals surface area contributed by atoms with Crippen LogP contribution < -0.4 is 5.32 Å². The van der Waals surface area contributed by atoms with Crippen LogP contribution in [0.15, 0.2) is 43.0 Å². The van der Waals surface area contributed by atoms with Crippen molar-refractivity contribution >= 4 is 5.91 Å². The fourth-order valence-electron chi connectivity index (χ4n) is 2.68. The number of carbonyl (C=O) groups is 1. The highest BCUT2D eigenvalue weighted by Crippen LogP contribution is 2.20. The Bertz CT molecular complexity index is 689. The van der Waals surface area contributed by atoms with Crippen molar-refractivity contribution in [2.75, 3.05) is 0 Å². The van der Waals surface area contributed by atoms with Crippen LogP contribution in [0.25, 0.3) is 11.1 Å². The number of hydrogen-bond donors (Lipinski definition) is 1. The fraction of sp³-hybridized carbons (Fsp3) is 0.353. The van der Waals surface area contributed by atoms with E-state index in [2.05, 4.69) is 27.6 Å². The van der Waals surface area contributed by atoms with E-state index in [4.69, 9.17) is 0 Å². The molecule has 0 radical (unpaired) electrons. The van der Waals surface area contributed by atoms with E-state index in [0.717, 1.165) is 36.0 Å². The largest absolute Gasteiger partial charge is 0.352 e. The van der Waals surface area contributed by atoms with Gasteiger partial charge in [-0.1, -0.05) is 12.2 Å². The summed E-state index contributed by atoms with van der Waals surface area (Å²) in [5.41, 5.74) is 3.04. The van der Waals surface area contributed by atoms with Crippen LogP contribution in [-0.2, 0) is 18.4 Å². The highest BCUT2D eigenvalue weighted by atomic mass is 16.1. The Hall–Kier alpha value is -2.43. The number of aromatic nitrogens is 3. The molecule has 1 amide bonds. The summed E-state index contributed by atoms with van der Waals surface area (Å²) in [7, 11) is 1.89. The molecule has 0 unspecified atom stereocenters. The van der Waals surface area contributed by atoms with Gasteiger partial charge in [-0.05, 0) is 30.9 Å². The summed E-state index contributed by atoms with van der Waals surface area (Å²) in [5, 5.41) is 7.19. The van der Waals surface area contributed by atoms with Crippen molar-refractivity contribution in [2.45, 2.75) is 25.8 Å². The van der Waals surface area contributed by atoms with E-state index >= 15 is 0 Å². The topological polar surface area (TPSA) is 59.8 Å². The van der Waals surface area contributed by atoms with Crippen LogP contribution in [0.1, 0.15) is 24.8 Å². The van der Waals surface area contributed by atoms with Gasteiger partial charge in [0.1, 0.15) is 0 Å². The van der Waals surface area contributed by atoms with Crippen molar-refractivity contribution < 1.29 is 4.79 Å². The molecule has 0 saturated carbocycles. The Labute approximate surface area is 130 Å². The average Bonchev–Trinajstić information content (AvgIpc) is 3.00. The predicted octanol–water partition coefficient (Wildman–Crippen LogP) is 2.45. The highest BCUT2D eigenvalue weighted by molar-refractivity contribution is 5.79. The van der Waals surface area contributed by atoms with Gasteiger partial charge in [0.05, 0.1) is 6.20 Å². The van der Waals surface area contributed by atoms with Crippen molar-refractivity contribution in [1.82, 2.24) is 20.1 Å². The molecular weight excluding hydrogens is 276 g/mol. The van der Waals surface area contributed by atoms with E-state index < -0.39 is 0 Å². The molecule has 0 spiro atoms. The minimum atomic E-state index is 0.111. The van der Waals surface area contributed by atoms with Gasteiger partial charge in [-0.25, -0.2) is 0 Å². The number of aryl methyl sites for hydroxylation is 1. The first-order chi connectivity index (χ1) is 10.7. The van der Waals surface area contributed by atoms with Crippen LogP contribution in [-0.4, -0.2) is 20.7 Å². The van der Waals surface area contributed by atoms with E-state index in [1.165, 1.54) is 0 Å². The second-order valence-electron chi connectivity index (χ2n) is 5.68. The zero-order valence-corrected chi connectivity index (χ0v) is 12.7. The molecule has 2 aromatic heterocycles. The third-order valence-corrected chi connectivity index (χ3v) is 3.94. The van der Waals surface area contributed by atoms with Crippen LogP contribution in [0.5, 0.6) is 0 Å². The van der Waals surface area contributed by atoms with Gasteiger partial charge in [0.25, 0.3) is 0 Å². The molecule has 1 aliphatic rings. The number of nitrogens with zero attached hydrogens (tertiary/aromatic N) is 3. The van der Waals surface area contributed by atoms with E-state index in [1.807, 2.05) is 31.7 Å². The molecule has 5 nitrogen and oxygen atoms in total. The zero-order chi connectivity index (χ0) is 15.4.